The van der Waals surface area contributed by atoms with Crippen molar-refractivity contribution in [2.75, 3.05) is 6.54 Å². The molecule has 162 valence electrons. The van der Waals surface area contributed by atoms with E-state index in [9.17, 15) is 4.79 Å². The Labute approximate surface area is 182 Å². The Balaban J connectivity index is 1.35. The minimum Gasteiger partial charge on any atom is -0.359 e. The van der Waals surface area contributed by atoms with Crippen molar-refractivity contribution in [1.29, 1.82) is 0 Å². The van der Waals surface area contributed by atoms with E-state index in [-0.39, 0.29) is 5.91 Å². The van der Waals surface area contributed by atoms with Crippen LogP contribution in [0.5, 0.6) is 0 Å². The molecule has 2 aromatic rings. The molecule has 2 aromatic heterocycles. The average Bonchev–Trinajstić information content (AvgIpc) is 3.45. The zero-order valence-corrected chi connectivity index (χ0v) is 18.1. The predicted octanol–water partition coefficient (Wildman–Crippen LogP) is 3.37. The van der Waals surface area contributed by atoms with Crippen LogP contribution in [0.2, 0.25) is 0 Å². The van der Waals surface area contributed by atoms with E-state index in [1.165, 1.54) is 68.1 Å². The van der Waals surface area contributed by atoms with Gasteiger partial charge < -0.3 is 10.3 Å². The van der Waals surface area contributed by atoms with Crippen molar-refractivity contribution in [3.63, 3.8) is 0 Å². The molecule has 31 heavy (non-hydrogen) atoms. The van der Waals surface area contributed by atoms with Crippen LogP contribution < -0.4 is 10.7 Å². The normalized spacial score (nSPS) is 20.1. The van der Waals surface area contributed by atoms with Crippen LogP contribution in [0.25, 0.3) is 6.08 Å². The number of hydrogen-bond acceptors (Lipinski definition) is 5. The smallest absolute Gasteiger partial charge is 0.273 e. The summed E-state index contributed by atoms with van der Waals surface area (Å²) in [6.07, 6.45) is 15.1. The lowest BCUT2D eigenvalue weighted by molar-refractivity contribution is -0.116. The fraction of sp³-hybridized carbons (Fsp3) is 0.500. The SMILES string of the molecule is Cc1[nH]c(/C=C2/C(=O)NN=C2c2ccncn2)c(C2CC2)c1CCCCNC1CCC1. The maximum Gasteiger partial charge on any atom is 0.273 e. The Morgan fingerprint density at radius 3 is 2.81 bits per heavy atom. The van der Waals surface area contributed by atoms with Crippen molar-refractivity contribution in [3.05, 3.63) is 52.4 Å². The molecule has 0 saturated heterocycles. The number of aromatic nitrogens is 3. The number of carbonyl (C=O) groups excluding carboxylic acids is 1. The second kappa shape index (κ2) is 8.75. The molecular weight excluding hydrogens is 388 g/mol. The number of amides is 1. The van der Waals surface area contributed by atoms with Gasteiger partial charge in [-0.2, -0.15) is 5.10 Å². The fourth-order valence-corrected chi connectivity index (χ4v) is 4.57. The molecule has 3 aliphatic rings. The third-order valence-corrected chi connectivity index (χ3v) is 6.65. The average molecular weight is 419 g/mol. The van der Waals surface area contributed by atoms with Crippen molar-refractivity contribution >= 4 is 17.7 Å². The monoisotopic (exact) mass is 418 g/mol. The van der Waals surface area contributed by atoms with Gasteiger partial charge in [0, 0.05) is 23.6 Å². The molecule has 0 spiro atoms. The van der Waals surface area contributed by atoms with Crippen molar-refractivity contribution in [2.24, 2.45) is 5.10 Å². The number of aromatic amines is 1. The van der Waals surface area contributed by atoms with Crippen molar-refractivity contribution in [1.82, 2.24) is 25.7 Å². The van der Waals surface area contributed by atoms with Crippen molar-refractivity contribution in [2.45, 2.75) is 70.3 Å². The summed E-state index contributed by atoms with van der Waals surface area (Å²) in [5, 5.41) is 7.88. The number of hydrogen-bond donors (Lipinski definition) is 3. The summed E-state index contributed by atoms with van der Waals surface area (Å²) in [7, 11) is 0. The number of rotatable bonds is 9. The molecule has 0 atom stereocenters. The van der Waals surface area contributed by atoms with Crippen LogP contribution in [0, 0.1) is 6.92 Å². The number of carbonyl (C=O) groups is 1. The Kier molecular flexibility index (Phi) is 5.68. The van der Waals surface area contributed by atoms with Crippen LogP contribution in [0.3, 0.4) is 0 Å². The highest BCUT2D eigenvalue weighted by molar-refractivity contribution is 6.32. The Morgan fingerprint density at radius 2 is 2.10 bits per heavy atom. The first-order valence-corrected chi connectivity index (χ1v) is 11.5. The van der Waals surface area contributed by atoms with Crippen molar-refractivity contribution in [3.8, 4) is 0 Å². The van der Waals surface area contributed by atoms with Crippen molar-refractivity contribution < 1.29 is 4.79 Å². The van der Waals surface area contributed by atoms with Gasteiger partial charge in [-0.1, -0.05) is 6.42 Å². The minimum atomic E-state index is -0.189. The van der Waals surface area contributed by atoms with Crippen LogP contribution in [-0.2, 0) is 11.2 Å². The second-order valence-electron chi connectivity index (χ2n) is 8.92. The van der Waals surface area contributed by atoms with Gasteiger partial charge in [-0.25, -0.2) is 15.4 Å². The number of nitrogens with zero attached hydrogens (tertiary/aromatic N) is 3. The molecule has 3 N–H and O–H groups in total. The molecule has 0 bridgehead atoms. The highest BCUT2D eigenvalue weighted by atomic mass is 16.2. The summed E-state index contributed by atoms with van der Waals surface area (Å²) in [5.41, 5.74) is 9.48. The third kappa shape index (κ3) is 4.32. The van der Waals surface area contributed by atoms with E-state index in [4.69, 9.17) is 0 Å². The van der Waals surface area contributed by atoms with E-state index >= 15 is 0 Å². The summed E-state index contributed by atoms with van der Waals surface area (Å²) in [6.45, 7) is 3.27. The Morgan fingerprint density at radius 1 is 1.23 bits per heavy atom. The Bertz CT molecular complexity index is 1010. The van der Waals surface area contributed by atoms with E-state index < -0.39 is 0 Å². The summed E-state index contributed by atoms with van der Waals surface area (Å²) in [6, 6.07) is 2.54. The van der Waals surface area contributed by atoms with E-state index in [0.717, 1.165) is 24.7 Å². The van der Waals surface area contributed by atoms with Gasteiger partial charge >= 0.3 is 0 Å². The minimum absolute atomic E-state index is 0.189. The summed E-state index contributed by atoms with van der Waals surface area (Å²) >= 11 is 0. The van der Waals surface area contributed by atoms with Gasteiger partial charge in [-0.05, 0) is 87.6 Å². The van der Waals surface area contributed by atoms with Gasteiger partial charge in [0.15, 0.2) is 0 Å². The number of hydrazone groups is 1. The molecule has 7 nitrogen and oxygen atoms in total. The highest BCUT2D eigenvalue weighted by Gasteiger charge is 2.32. The number of H-pyrrole nitrogens is 1. The second-order valence-corrected chi connectivity index (χ2v) is 8.92. The molecule has 3 heterocycles. The fourth-order valence-electron chi connectivity index (χ4n) is 4.57. The maximum absolute atomic E-state index is 12.5. The lowest BCUT2D eigenvalue weighted by atomic mass is 9.93. The van der Waals surface area contributed by atoms with Crippen LogP contribution in [0.1, 0.15) is 79.1 Å². The summed E-state index contributed by atoms with van der Waals surface area (Å²) in [5.74, 6) is 0.412. The van der Waals surface area contributed by atoms with Gasteiger partial charge in [0.1, 0.15) is 12.0 Å². The topological polar surface area (TPSA) is 95.1 Å². The molecule has 0 aromatic carbocycles. The number of unbranched alkanes of at least 4 members (excludes halogenated alkanes) is 1. The summed E-state index contributed by atoms with van der Waals surface area (Å²) in [4.78, 5) is 24.3. The Hall–Kier alpha value is -2.80. The van der Waals surface area contributed by atoms with Crippen LogP contribution in [0.4, 0.5) is 0 Å². The molecule has 0 unspecified atom stereocenters. The van der Waals surface area contributed by atoms with Crippen LogP contribution in [-0.4, -0.2) is 39.2 Å². The largest absolute Gasteiger partial charge is 0.359 e. The summed E-state index contributed by atoms with van der Waals surface area (Å²) < 4.78 is 0. The van der Waals surface area contributed by atoms with Gasteiger partial charge in [0.25, 0.3) is 5.91 Å². The molecule has 2 saturated carbocycles. The maximum atomic E-state index is 12.5. The highest BCUT2D eigenvalue weighted by Crippen LogP contribution is 2.45. The first-order valence-electron chi connectivity index (χ1n) is 11.5. The molecule has 2 fully saturated rings. The number of aryl methyl sites for hydroxylation is 1. The first kappa shape index (κ1) is 20.1. The third-order valence-electron chi connectivity index (χ3n) is 6.65. The molecule has 7 heteroatoms. The predicted molar refractivity (Wildman–Crippen MR) is 121 cm³/mol. The number of nitrogens with one attached hydrogen (secondary N) is 3. The molecule has 1 aliphatic heterocycles. The van der Waals surface area contributed by atoms with Crippen LogP contribution in [0.15, 0.2) is 29.3 Å². The quantitative estimate of drug-likeness (QED) is 0.430. The van der Waals surface area contributed by atoms with E-state index in [1.54, 1.807) is 12.3 Å². The molecule has 5 rings (SSSR count). The van der Waals surface area contributed by atoms with Gasteiger partial charge in [0.05, 0.1) is 11.3 Å². The lowest BCUT2D eigenvalue weighted by Crippen LogP contribution is -2.35. The molecular formula is C24H30N6O. The standard InChI is InChI=1S/C24H30N6O/c1-15-18(7-2-3-11-26-17-5-4-6-17)22(16-8-9-16)21(28-15)13-19-23(29-30-24(19)31)20-10-12-25-14-27-20/h10,12-14,16-17,26,28H,2-9,11H2,1H3,(H,30,31)/b19-13+. The van der Waals surface area contributed by atoms with Crippen LogP contribution >= 0.6 is 0 Å². The van der Waals surface area contributed by atoms with Gasteiger partial charge in [0.2, 0.25) is 0 Å². The van der Waals surface area contributed by atoms with E-state index in [0.29, 0.717) is 22.9 Å². The first-order chi connectivity index (χ1) is 15.2. The van der Waals surface area contributed by atoms with E-state index in [1.807, 2.05) is 6.08 Å². The lowest BCUT2D eigenvalue weighted by Gasteiger charge is -2.26. The van der Waals surface area contributed by atoms with Gasteiger partial charge in [-0.3, -0.25) is 4.79 Å². The zero-order chi connectivity index (χ0) is 21.2. The van der Waals surface area contributed by atoms with Gasteiger partial charge in [-0.15, -0.1) is 0 Å². The van der Waals surface area contributed by atoms with E-state index in [2.05, 4.69) is 37.7 Å². The molecule has 0 radical (unpaired) electrons. The molecule has 2 aliphatic carbocycles. The molecule has 1 amide bonds. The zero-order valence-electron chi connectivity index (χ0n) is 18.1.